The topological polar surface area (TPSA) is 138 Å². The molecule has 0 aliphatic heterocycles. The van der Waals surface area contributed by atoms with Gasteiger partial charge in [0.1, 0.15) is 29.8 Å². The molecule has 0 saturated heterocycles. The highest BCUT2D eigenvalue weighted by molar-refractivity contribution is 5.85. The summed E-state index contributed by atoms with van der Waals surface area (Å²) in [6, 6.07) is 2.66. The molecule has 0 spiro atoms. The van der Waals surface area contributed by atoms with E-state index in [0.717, 1.165) is 0 Å². The zero-order chi connectivity index (χ0) is 23.7. The van der Waals surface area contributed by atoms with Crippen molar-refractivity contribution in [3.05, 3.63) is 59.3 Å². The van der Waals surface area contributed by atoms with Gasteiger partial charge in [0, 0.05) is 42.9 Å². The quantitative estimate of drug-likeness (QED) is 0.347. The second kappa shape index (κ2) is 11.1. The molecule has 0 atom stereocenters. The fourth-order valence-electron chi connectivity index (χ4n) is 2.37. The van der Waals surface area contributed by atoms with E-state index in [1.54, 1.807) is 13.8 Å². The molecule has 0 bridgehead atoms. The largest absolute Gasteiger partial charge is 0.403 e. The molecule has 6 N–H and O–H groups in total. The van der Waals surface area contributed by atoms with Gasteiger partial charge in [-0.25, -0.2) is 18.2 Å². The SMILES string of the molecule is CC(C)(CO)NC(=O)CN=C/C(=C\N)Nc1nccc(NCc2c(F)cc(F)cc2F)n1. The average molecular weight is 451 g/mol. The minimum atomic E-state index is -1.02. The van der Waals surface area contributed by atoms with Crippen molar-refractivity contribution in [3.63, 3.8) is 0 Å². The lowest BCUT2D eigenvalue weighted by atomic mass is 10.1. The summed E-state index contributed by atoms with van der Waals surface area (Å²) in [6.45, 7) is 2.64. The van der Waals surface area contributed by atoms with Crippen molar-refractivity contribution >= 4 is 23.9 Å². The van der Waals surface area contributed by atoms with E-state index in [4.69, 9.17) is 10.8 Å². The second-order valence-electron chi connectivity index (χ2n) is 7.27. The van der Waals surface area contributed by atoms with E-state index < -0.39 is 23.0 Å². The third kappa shape index (κ3) is 7.54. The molecule has 32 heavy (non-hydrogen) atoms. The smallest absolute Gasteiger partial charge is 0.242 e. The first-order valence-corrected chi connectivity index (χ1v) is 9.44. The van der Waals surface area contributed by atoms with Crippen LogP contribution in [0.3, 0.4) is 0 Å². The molecule has 9 nitrogen and oxygen atoms in total. The number of allylic oxidation sites excluding steroid dienone is 1. The molecule has 1 aromatic heterocycles. The number of halogens is 3. The number of rotatable bonds is 10. The van der Waals surface area contributed by atoms with Crippen molar-refractivity contribution in [2.24, 2.45) is 10.7 Å². The van der Waals surface area contributed by atoms with Crippen LogP contribution >= 0.6 is 0 Å². The van der Waals surface area contributed by atoms with E-state index in [9.17, 15) is 18.0 Å². The molecule has 0 aliphatic rings. The molecule has 1 heterocycles. The number of amides is 1. The highest BCUT2D eigenvalue weighted by atomic mass is 19.1. The zero-order valence-corrected chi connectivity index (χ0v) is 17.5. The first-order chi connectivity index (χ1) is 15.1. The van der Waals surface area contributed by atoms with Crippen molar-refractivity contribution in [2.75, 3.05) is 23.8 Å². The van der Waals surface area contributed by atoms with Crippen LogP contribution in [0.2, 0.25) is 0 Å². The summed E-state index contributed by atoms with van der Waals surface area (Å²) in [5, 5.41) is 17.3. The summed E-state index contributed by atoms with van der Waals surface area (Å²) in [7, 11) is 0. The molecule has 2 aromatic rings. The summed E-state index contributed by atoms with van der Waals surface area (Å²) < 4.78 is 40.5. The number of anilines is 2. The standard InChI is InChI=1S/C20H24F3N7O2/c1-20(2,11-31)30-18(32)10-25-8-13(7-24)28-19-26-4-3-17(29-19)27-9-14-15(22)5-12(21)6-16(14)23/h3-8,31H,9-11,24H2,1-2H3,(H,30,32)(H2,26,27,28,29)/b13-7+,25-8?. The first kappa shape index (κ1) is 24.6. The molecule has 1 amide bonds. The van der Waals surface area contributed by atoms with Crippen molar-refractivity contribution in [1.29, 1.82) is 0 Å². The molecule has 1 aromatic carbocycles. The van der Waals surface area contributed by atoms with Gasteiger partial charge in [-0.3, -0.25) is 9.79 Å². The van der Waals surface area contributed by atoms with Gasteiger partial charge in [0.15, 0.2) is 0 Å². The number of hydrogen-bond acceptors (Lipinski definition) is 8. The Kier molecular flexibility index (Phi) is 8.53. The zero-order valence-electron chi connectivity index (χ0n) is 17.5. The van der Waals surface area contributed by atoms with Gasteiger partial charge in [-0.05, 0) is 19.9 Å². The molecule has 12 heteroatoms. The fraction of sp³-hybridized carbons (Fsp3) is 0.300. The molecule has 0 saturated carbocycles. The van der Waals surface area contributed by atoms with Crippen LogP contribution in [0, 0.1) is 17.5 Å². The summed E-state index contributed by atoms with van der Waals surface area (Å²) in [4.78, 5) is 23.9. The maximum Gasteiger partial charge on any atom is 0.242 e. The number of nitrogens with two attached hydrogens (primary N) is 1. The minimum absolute atomic E-state index is 0.101. The Balaban J connectivity index is 1.97. The van der Waals surface area contributed by atoms with Gasteiger partial charge in [-0.2, -0.15) is 4.98 Å². The van der Waals surface area contributed by atoms with Crippen molar-refractivity contribution in [3.8, 4) is 0 Å². The lowest BCUT2D eigenvalue weighted by molar-refractivity contribution is -0.121. The van der Waals surface area contributed by atoms with Crippen LogP contribution in [0.1, 0.15) is 19.4 Å². The summed E-state index contributed by atoms with van der Waals surface area (Å²) >= 11 is 0. The third-order valence-corrected chi connectivity index (χ3v) is 3.98. The van der Waals surface area contributed by atoms with Crippen LogP contribution in [0.4, 0.5) is 24.9 Å². The van der Waals surface area contributed by atoms with Crippen LogP contribution in [-0.4, -0.2) is 45.9 Å². The van der Waals surface area contributed by atoms with Crippen molar-refractivity contribution in [1.82, 2.24) is 15.3 Å². The number of nitrogens with zero attached hydrogens (tertiary/aromatic N) is 3. The predicted molar refractivity (Wildman–Crippen MR) is 114 cm³/mol. The van der Waals surface area contributed by atoms with E-state index in [-0.39, 0.29) is 48.6 Å². The fourth-order valence-corrected chi connectivity index (χ4v) is 2.37. The predicted octanol–water partition coefficient (Wildman–Crippen LogP) is 1.68. The molecule has 172 valence electrons. The number of carbonyl (C=O) groups excluding carboxylic acids is 1. The lowest BCUT2D eigenvalue weighted by Crippen LogP contribution is -2.47. The van der Waals surface area contributed by atoms with Gasteiger partial charge in [0.2, 0.25) is 11.9 Å². The lowest BCUT2D eigenvalue weighted by Gasteiger charge is -2.22. The molecule has 0 aliphatic carbocycles. The maximum absolute atomic E-state index is 13.8. The van der Waals surface area contributed by atoms with E-state index >= 15 is 0 Å². The number of benzene rings is 1. The monoisotopic (exact) mass is 451 g/mol. The van der Waals surface area contributed by atoms with Crippen molar-refractivity contribution < 1.29 is 23.1 Å². The number of nitrogens with one attached hydrogen (secondary N) is 3. The van der Waals surface area contributed by atoms with Gasteiger partial charge in [-0.15, -0.1) is 0 Å². The van der Waals surface area contributed by atoms with Gasteiger partial charge < -0.3 is 26.8 Å². The van der Waals surface area contributed by atoms with Crippen LogP contribution in [0.5, 0.6) is 0 Å². The Labute approximate surface area is 182 Å². The first-order valence-electron chi connectivity index (χ1n) is 9.44. The molecule has 0 radical (unpaired) electrons. The van der Waals surface area contributed by atoms with Crippen LogP contribution in [0.15, 0.2) is 41.3 Å². The van der Waals surface area contributed by atoms with E-state index in [1.165, 1.54) is 24.7 Å². The van der Waals surface area contributed by atoms with Crippen molar-refractivity contribution in [2.45, 2.75) is 25.9 Å². The average Bonchev–Trinajstić information content (AvgIpc) is 2.72. The minimum Gasteiger partial charge on any atom is -0.403 e. The highest BCUT2D eigenvalue weighted by Crippen LogP contribution is 2.16. The molecular weight excluding hydrogens is 427 g/mol. The molecule has 0 fully saturated rings. The van der Waals surface area contributed by atoms with E-state index in [2.05, 4.69) is 30.9 Å². The number of aromatic nitrogens is 2. The van der Waals surface area contributed by atoms with Gasteiger partial charge in [0.25, 0.3) is 0 Å². The highest BCUT2D eigenvalue weighted by Gasteiger charge is 2.18. The van der Waals surface area contributed by atoms with E-state index in [0.29, 0.717) is 12.1 Å². The Morgan fingerprint density at radius 2 is 1.97 bits per heavy atom. The summed E-state index contributed by atoms with van der Waals surface area (Å²) in [5.74, 6) is -3.08. The Morgan fingerprint density at radius 1 is 1.28 bits per heavy atom. The number of aliphatic imine (C=N–C) groups is 1. The van der Waals surface area contributed by atoms with Crippen LogP contribution in [-0.2, 0) is 11.3 Å². The van der Waals surface area contributed by atoms with Gasteiger partial charge >= 0.3 is 0 Å². The third-order valence-electron chi connectivity index (χ3n) is 3.98. The number of aliphatic hydroxyl groups is 1. The van der Waals surface area contributed by atoms with Gasteiger partial charge in [-0.1, -0.05) is 0 Å². The second-order valence-corrected chi connectivity index (χ2v) is 7.27. The Hall–Kier alpha value is -3.67. The summed E-state index contributed by atoms with van der Waals surface area (Å²) in [6.07, 6.45) is 3.88. The van der Waals surface area contributed by atoms with E-state index in [1.807, 2.05) is 0 Å². The number of hydrogen-bond donors (Lipinski definition) is 5. The molecule has 0 unspecified atom stereocenters. The Morgan fingerprint density at radius 3 is 2.59 bits per heavy atom. The van der Waals surface area contributed by atoms with Gasteiger partial charge in [0.05, 0.1) is 17.8 Å². The van der Waals surface area contributed by atoms with Crippen LogP contribution in [0.25, 0.3) is 0 Å². The number of carbonyl (C=O) groups is 1. The summed E-state index contributed by atoms with van der Waals surface area (Å²) in [5.41, 5.74) is 4.73. The Bertz CT molecular complexity index is 989. The normalized spacial score (nSPS) is 12.1. The number of aliphatic hydroxyl groups excluding tert-OH is 1. The molecular formula is C20H24F3N7O2. The molecule has 2 rings (SSSR count). The maximum atomic E-state index is 13.8. The van der Waals surface area contributed by atoms with Crippen LogP contribution < -0.4 is 21.7 Å².